The zero-order valence-electron chi connectivity index (χ0n) is 8.70. The van der Waals surface area contributed by atoms with Gasteiger partial charge in [-0.1, -0.05) is 0 Å². The Bertz CT molecular complexity index is 321. The van der Waals surface area contributed by atoms with Crippen LogP contribution in [0.15, 0.2) is 12.1 Å². The molecule has 1 aliphatic heterocycles. The Hall–Kier alpha value is -1.30. The molecule has 1 heterocycles. The van der Waals surface area contributed by atoms with Gasteiger partial charge < -0.3 is 15.1 Å². The van der Waals surface area contributed by atoms with Crippen LogP contribution in [0, 0.1) is 0 Å². The van der Waals surface area contributed by atoms with Crippen LogP contribution in [0.2, 0.25) is 0 Å². The molecule has 1 aromatic rings. The monoisotopic (exact) mass is 211 g/mol. The van der Waals surface area contributed by atoms with Gasteiger partial charge in [0.1, 0.15) is 0 Å². The molecule has 0 bridgehead atoms. The van der Waals surface area contributed by atoms with Gasteiger partial charge in [-0.15, -0.1) is 0 Å². The Balaban J connectivity index is 2.33. The van der Waals surface area contributed by atoms with E-state index in [0.29, 0.717) is 11.5 Å². The number of benzene rings is 1. The second kappa shape index (κ2) is 4.48. The molecule has 0 amide bonds. The molecule has 0 saturated heterocycles. The molecule has 5 nitrogen and oxygen atoms in total. The molecule has 0 fully saturated rings. The van der Waals surface area contributed by atoms with E-state index in [9.17, 15) is 0 Å². The molecular formula is C10H13NO4. The van der Waals surface area contributed by atoms with Crippen molar-refractivity contribution in [3.05, 3.63) is 23.3 Å². The third-order valence-corrected chi connectivity index (χ3v) is 2.24. The fourth-order valence-corrected chi connectivity index (χ4v) is 1.61. The van der Waals surface area contributed by atoms with Crippen LogP contribution >= 0.6 is 0 Å². The summed E-state index contributed by atoms with van der Waals surface area (Å²) in [6, 6.07) is 3.76. The van der Waals surface area contributed by atoms with Crippen LogP contribution in [0.4, 0.5) is 0 Å². The lowest BCUT2D eigenvalue weighted by Crippen LogP contribution is -1.99. The van der Waals surface area contributed by atoms with Crippen LogP contribution in [-0.2, 0) is 22.9 Å². The van der Waals surface area contributed by atoms with Crippen molar-refractivity contribution in [2.24, 2.45) is 0 Å². The molecule has 5 heteroatoms. The first-order valence-electron chi connectivity index (χ1n) is 4.63. The van der Waals surface area contributed by atoms with Gasteiger partial charge in [0.2, 0.25) is 11.5 Å². The van der Waals surface area contributed by atoms with Crippen molar-refractivity contribution in [3.8, 4) is 11.5 Å². The van der Waals surface area contributed by atoms with Crippen molar-refractivity contribution in [3.63, 3.8) is 0 Å². The third kappa shape index (κ3) is 2.04. The summed E-state index contributed by atoms with van der Waals surface area (Å²) in [6.45, 7) is 1.67. The van der Waals surface area contributed by atoms with Gasteiger partial charge in [-0.2, -0.15) is 9.78 Å². The standard InChI is InChI=1S/C10H13NO4/c1-12-14-9-3-7-5-11-6-8(7)4-10(9)15-13-2/h3-4,11H,5-6H2,1-2H3. The molecular weight excluding hydrogens is 198 g/mol. The van der Waals surface area contributed by atoms with E-state index >= 15 is 0 Å². The molecule has 1 aromatic carbocycles. The topological polar surface area (TPSA) is 49.0 Å². The lowest BCUT2D eigenvalue weighted by molar-refractivity contribution is -0.201. The predicted molar refractivity (Wildman–Crippen MR) is 52.3 cm³/mol. The first kappa shape index (κ1) is 10.2. The summed E-state index contributed by atoms with van der Waals surface area (Å²) in [5.41, 5.74) is 2.37. The average Bonchev–Trinajstić information content (AvgIpc) is 2.66. The normalized spacial score (nSPS) is 13.7. The minimum absolute atomic E-state index is 0.516. The molecule has 2 rings (SSSR count). The molecule has 0 spiro atoms. The molecule has 82 valence electrons. The number of hydrogen-bond donors (Lipinski definition) is 1. The minimum atomic E-state index is 0.516. The van der Waals surface area contributed by atoms with Gasteiger partial charge in [0.05, 0.1) is 14.2 Å². The minimum Gasteiger partial charge on any atom is -0.334 e. The average molecular weight is 211 g/mol. The van der Waals surface area contributed by atoms with E-state index < -0.39 is 0 Å². The first-order chi connectivity index (χ1) is 7.35. The fourth-order valence-electron chi connectivity index (χ4n) is 1.61. The number of fused-ring (bicyclic) bond motifs is 1. The van der Waals surface area contributed by atoms with Gasteiger partial charge in [0.15, 0.2) is 0 Å². The van der Waals surface area contributed by atoms with Crippen LogP contribution in [0.5, 0.6) is 11.5 Å². The molecule has 0 atom stereocenters. The first-order valence-corrected chi connectivity index (χ1v) is 4.63. The zero-order chi connectivity index (χ0) is 10.7. The second-order valence-corrected chi connectivity index (χ2v) is 3.17. The summed E-state index contributed by atoms with van der Waals surface area (Å²) in [6.07, 6.45) is 0. The molecule has 0 radical (unpaired) electrons. The van der Waals surface area contributed by atoms with E-state index in [2.05, 4.69) is 15.1 Å². The fraction of sp³-hybridized carbons (Fsp3) is 0.400. The van der Waals surface area contributed by atoms with Gasteiger partial charge in [-0.05, 0) is 23.3 Å². The van der Waals surface area contributed by atoms with Crippen molar-refractivity contribution >= 4 is 0 Å². The van der Waals surface area contributed by atoms with Crippen LogP contribution in [0.3, 0.4) is 0 Å². The van der Waals surface area contributed by atoms with Gasteiger partial charge in [0, 0.05) is 13.1 Å². The van der Waals surface area contributed by atoms with E-state index in [-0.39, 0.29) is 0 Å². The Morgan fingerprint density at radius 1 is 0.933 bits per heavy atom. The van der Waals surface area contributed by atoms with Crippen LogP contribution in [-0.4, -0.2) is 14.2 Å². The highest BCUT2D eigenvalue weighted by molar-refractivity contribution is 5.48. The zero-order valence-corrected chi connectivity index (χ0v) is 8.70. The largest absolute Gasteiger partial charge is 0.334 e. The quantitative estimate of drug-likeness (QED) is 0.598. The number of hydrogen-bond acceptors (Lipinski definition) is 5. The molecule has 1 N–H and O–H groups in total. The van der Waals surface area contributed by atoms with E-state index in [1.807, 2.05) is 12.1 Å². The summed E-state index contributed by atoms with van der Waals surface area (Å²) in [5.74, 6) is 1.03. The highest BCUT2D eigenvalue weighted by atomic mass is 17.2. The van der Waals surface area contributed by atoms with Crippen molar-refractivity contribution in [1.82, 2.24) is 5.32 Å². The SMILES string of the molecule is COOc1cc2c(cc1OOC)CNC2. The molecule has 0 saturated carbocycles. The smallest absolute Gasteiger partial charge is 0.211 e. The Labute approximate surface area is 87.7 Å². The van der Waals surface area contributed by atoms with Crippen molar-refractivity contribution in [1.29, 1.82) is 0 Å². The van der Waals surface area contributed by atoms with Crippen LogP contribution in [0.1, 0.15) is 11.1 Å². The maximum Gasteiger partial charge on any atom is 0.211 e. The Kier molecular flexibility index (Phi) is 3.05. The molecule has 1 aliphatic rings. The van der Waals surface area contributed by atoms with Gasteiger partial charge in [-0.25, -0.2) is 0 Å². The summed E-state index contributed by atoms with van der Waals surface area (Å²) in [4.78, 5) is 19.2. The molecule has 0 unspecified atom stereocenters. The molecule has 15 heavy (non-hydrogen) atoms. The third-order valence-electron chi connectivity index (χ3n) is 2.24. The predicted octanol–water partition coefficient (Wildman–Crippen LogP) is 1.17. The van der Waals surface area contributed by atoms with E-state index in [1.165, 1.54) is 25.3 Å². The van der Waals surface area contributed by atoms with E-state index in [0.717, 1.165) is 13.1 Å². The highest BCUT2D eigenvalue weighted by Gasteiger charge is 2.17. The summed E-state index contributed by atoms with van der Waals surface area (Å²) in [5, 5.41) is 3.23. The van der Waals surface area contributed by atoms with E-state index in [1.54, 1.807) is 0 Å². The Morgan fingerprint density at radius 3 is 1.80 bits per heavy atom. The molecule has 0 aliphatic carbocycles. The van der Waals surface area contributed by atoms with E-state index in [4.69, 9.17) is 9.78 Å². The Morgan fingerprint density at radius 2 is 1.40 bits per heavy atom. The van der Waals surface area contributed by atoms with Crippen LogP contribution < -0.4 is 15.1 Å². The van der Waals surface area contributed by atoms with Crippen LogP contribution in [0.25, 0.3) is 0 Å². The van der Waals surface area contributed by atoms with Crippen molar-refractivity contribution < 1.29 is 19.6 Å². The summed E-state index contributed by atoms with van der Waals surface area (Å²) >= 11 is 0. The highest BCUT2D eigenvalue weighted by Crippen LogP contribution is 2.33. The molecule has 0 aromatic heterocycles. The van der Waals surface area contributed by atoms with Gasteiger partial charge in [0.25, 0.3) is 0 Å². The van der Waals surface area contributed by atoms with Crippen molar-refractivity contribution in [2.45, 2.75) is 13.1 Å². The maximum absolute atomic E-state index is 4.98. The summed E-state index contributed by atoms with van der Waals surface area (Å²) < 4.78 is 0. The maximum atomic E-state index is 4.98. The number of rotatable bonds is 4. The number of nitrogens with one attached hydrogen (secondary N) is 1. The van der Waals surface area contributed by atoms with Gasteiger partial charge in [-0.3, -0.25) is 0 Å². The summed E-state index contributed by atoms with van der Waals surface area (Å²) in [7, 11) is 2.89. The lowest BCUT2D eigenvalue weighted by atomic mass is 10.1. The lowest BCUT2D eigenvalue weighted by Gasteiger charge is -2.09. The van der Waals surface area contributed by atoms with Gasteiger partial charge >= 0.3 is 0 Å². The second-order valence-electron chi connectivity index (χ2n) is 3.17. The van der Waals surface area contributed by atoms with Crippen molar-refractivity contribution in [2.75, 3.05) is 14.2 Å².